The van der Waals surface area contributed by atoms with Crippen LogP contribution < -0.4 is 4.74 Å². The number of hydrogen-bond donors (Lipinski definition) is 0. The van der Waals surface area contributed by atoms with E-state index in [9.17, 15) is 0 Å². The maximum Gasteiger partial charge on any atom is 0.120 e. The van der Waals surface area contributed by atoms with E-state index in [1.807, 2.05) is 24.3 Å². The first-order valence-electron chi connectivity index (χ1n) is 6.12. The van der Waals surface area contributed by atoms with Gasteiger partial charge in [-0.3, -0.25) is 0 Å². The van der Waals surface area contributed by atoms with Crippen molar-refractivity contribution in [1.29, 1.82) is 0 Å². The summed E-state index contributed by atoms with van der Waals surface area (Å²) < 4.78 is 6.95. The molecule has 0 saturated heterocycles. The summed E-state index contributed by atoms with van der Waals surface area (Å²) >= 11 is 2.42. The van der Waals surface area contributed by atoms with Gasteiger partial charge in [0, 0.05) is 4.43 Å². The monoisotopic (exact) mass is 352 g/mol. The lowest BCUT2D eigenvalue weighted by Gasteiger charge is -2.11. The van der Waals surface area contributed by atoms with Crippen LogP contribution in [-0.4, -0.2) is 4.43 Å². The van der Waals surface area contributed by atoms with Gasteiger partial charge in [-0.15, -0.1) is 0 Å². The predicted octanol–water partition coefficient (Wildman–Crippen LogP) is 4.80. The van der Waals surface area contributed by atoms with E-state index in [0.29, 0.717) is 12.5 Å². The minimum Gasteiger partial charge on any atom is -0.489 e. The summed E-state index contributed by atoms with van der Waals surface area (Å²) in [5.74, 6) is 1.53. The summed E-state index contributed by atoms with van der Waals surface area (Å²) in [5.41, 5.74) is 2.54. The highest BCUT2D eigenvalue weighted by atomic mass is 127. The summed E-state index contributed by atoms with van der Waals surface area (Å²) in [7, 11) is 0. The molecule has 0 aliphatic carbocycles. The average Bonchev–Trinajstić information content (AvgIpc) is 2.45. The Morgan fingerprint density at radius 2 is 1.83 bits per heavy atom. The van der Waals surface area contributed by atoms with Gasteiger partial charge in [0.05, 0.1) is 0 Å². The smallest absolute Gasteiger partial charge is 0.120 e. The fourth-order valence-corrected chi connectivity index (χ4v) is 2.25. The molecular weight excluding hydrogens is 335 g/mol. The van der Waals surface area contributed by atoms with Gasteiger partial charge in [-0.1, -0.05) is 72.0 Å². The lowest BCUT2D eigenvalue weighted by Crippen LogP contribution is -1.98. The Balaban J connectivity index is 2.01. The predicted molar refractivity (Wildman–Crippen MR) is 84.5 cm³/mol. The van der Waals surface area contributed by atoms with Crippen molar-refractivity contribution in [3.05, 3.63) is 65.7 Å². The zero-order chi connectivity index (χ0) is 12.8. The molecule has 0 aliphatic rings. The Morgan fingerprint density at radius 3 is 2.56 bits per heavy atom. The largest absolute Gasteiger partial charge is 0.489 e. The molecule has 0 aliphatic heterocycles. The van der Waals surface area contributed by atoms with Crippen LogP contribution in [0.3, 0.4) is 0 Å². The number of ether oxygens (including phenoxy) is 1. The van der Waals surface area contributed by atoms with Gasteiger partial charge in [-0.25, -0.2) is 0 Å². The molecule has 2 aromatic carbocycles. The normalized spacial score (nSPS) is 12.1. The van der Waals surface area contributed by atoms with Gasteiger partial charge >= 0.3 is 0 Å². The van der Waals surface area contributed by atoms with Crippen molar-refractivity contribution in [3.63, 3.8) is 0 Å². The van der Waals surface area contributed by atoms with Gasteiger partial charge in [0.25, 0.3) is 0 Å². The second-order valence-electron chi connectivity index (χ2n) is 4.40. The molecule has 0 fully saturated rings. The molecule has 0 radical (unpaired) electrons. The zero-order valence-electron chi connectivity index (χ0n) is 10.5. The fraction of sp³-hybridized carbons (Fsp3) is 0.250. The highest BCUT2D eigenvalue weighted by molar-refractivity contribution is 14.1. The van der Waals surface area contributed by atoms with E-state index in [1.54, 1.807) is 0 Å². The van der Waals surface area contributed by atoms with Crippen molar-refractivity contribution in [3.8, 4) is 5.75 Å². The Morgan fingerprint density at radius 1 is 1.06 bits per heavy atom. The van der Waals surface area contributed by atoms with Crippen molar-refractivity contribution >= 4 is 22.6 Å². The standard InChI is InChI=1S/C16H17IO/c1-13(11-17)15-8-5-9-16(10-15)18-12-14-6-3-2-4-7-14/h2-10,13H,11-12H2,1H3. The topological polar surface area (TPSA) is 9.23 Å². The molecule has 18 heavy (non-hydrogen) atoms. The molecule has 1 unspecified atom stereocenters. The van der Waals surface area contributed by atoms with Crippen molar-refractivity contribution in [2.24, 2.45) is 0 Å². The van der Waals surface area contributed by atoms with Crippen LogP contribution in [0.25, 0.3) is 0 Å². The first kappa shape index (κ1) is 13.4. The van der Waals surface area contributed by atoms with E-state index < -0.39 is 0 Å². The number of halogens is 1. The molecule has 2 rings (SSSR count). The molecule has 2 heteroatoms. The Labute approximate surface area is 122 Å². The molecule has 94 valence electrons. The zero-order valence-corrected chi connectivity index (χ0v) is 12.6. The molecule has 0 saturated carbocycles. The second-order valence-corrected chi connectivity index (χ2v) is 5.28. The number of benzene rings is 2. The van der Waals surface area contributed by atoms with E-state index in [4.69, 9.17) is 4.74 Å². The molecule has 1 nitrogen and oxygen atoms in total. The molecule has 2 aromatic rings. The molecular formula is C16H17IO. The third-order valence-electron chi connectivity index (χ3n) is 2.91. The van der Waals surface area contributed by atoms with Crippen LogP contribution in [0.15, 0.2) is 54.6 Å². The van der Waals surface area contributed by atoms with E-state index >= 15 is 0 Å². The Bertz CT molecular complexity index is 481. The van der Waals surface area contributed by atoms with E-state index in [-0.39, 0.29) is 0 Å². The molecule has 0 amide bonds. The van der Waals surface area contributed by atoms with Crippen LogP contribution in [0, 0.1) is 0 Å². The van der Waals surface area contributed by atoms with Gasteiger partial charge in [-0.2, -0.15) is 0 Å². The highest BCUT2D eigenvalue weighted by Gasteiger charge is 2.04. The summed E-state index contributed by atoms with van der Waals surface area (Å²) in [6.45, 7) is 2.87. The van der Waals surface area contributed by atoms with Gasteiger partial charge < -0.3 is 4.74 Å². The van der Waals surface area contributed by atoms with E-state index in [0.717, 1.165) is 10.2 Å². The minimum absolute atomic E-state index is 0.575. The summed E-state index contributed by atoms with van der Waals surface area (Å²) in [6.07, 6.45) is 0. The maximum absolute atomic E-state index is 5.82. The molecule has 0 spiro atoms. The van der Waals surface area contributed by atoms with Crippen LogP contribution in [0.1, 0.15) is 24.0 Å². The molecule has 0 bridgehead atoms. The van der Waals surface area contributed by atoms with Crippen molar-refractivity contribution in [2.75, 3.05) is 4.43 Å². The fourth-order valence-electron chi connectivity index (χ4n) is 1.74. The third kappa shape index (κ3) is 3.73. The molecule has 0 N–H and O–H groups in total. The van der Waals surface area contributed by atoms with Crippen LogP contribution in [-0.2, 0) is 6.61 Å². The van der Waals surface area contributed by atoms with Crippen molar-refractivity contribution < 1.29 is 4.74 Å². The summed E-state index contributed by atoms with van der Waals surface area (Å²) in [5, 5.41) is 0. The molecule has 0 aromatic heterocycles. The van der Waals surface area contributed by atoms with Gasteiger partial charge in [-0.05, 0) is 29.2 Å². The van der Waals surface area contributed by atoms with Gasteiger partial charge in [0.1, 0.15) is 12.4 Å². The number of alkyl halides is 1. The molecule has 0 heterocycles. The first-order valence-corrected chi connectivity index (χ1v) is 7.65. The Hall–Kier alpha value is -1.03. The van der Waals surface area contributed by atoms with Crippen molar-refractivity contribution in [2.45, 2.75) is 19.4 Å². The van der Waals surface area contributed by atoms with E-state index in [2.05, 4.69) is 59.8 Å². The highest BCUT2D eigenvalue weighted by Crippen LogP contribution is 2.22. The van der Waals surface area contributed by atoms with Gasteiger partial charge in [0.15, 0.2) is 0 Å². The third-order valence-corrected chi connectivity index (χ3v) is 4.23. The minimum atomic E-state index is 0.575. The quantitative estimate of drug-likeness (QED) is 0.555. The average molecular weight is 352 g/mol. The summed E-state index contributed by atoms with van der Waals surface area (Å²) in [6, 6.07) is 18.6. The Kier molecular flexibility index (Phi) is 5.05. The SMILES string of the molecule is CC(CI)c1cccc(OCc2ccccc2)c1. The van der Waals surface area contributed by atoms with Crippen LogP contribution in [0.4, 0.5) is 0 Å². The van der Waals surface area contributed by atoms with Crippen molar-refractivity contribution in [1.82, 2.24) is 0 Å². The first-order chi connectivity index (χ1) is 8.79. The van der Waals surface area contributed by atoms with Crippen LogP contribution in [0.5, 0.6) is 5.75 Å². The lowest BCUT2D eigenvalue weighted by molar-refractivity contribution is 0.306. The van der Waals surface area contributed by atoms with Crippen LogP contribution >= 0.6 is 22.6 Å². The number of rotatable bonds is 5. The molecule has 1 atom stereocenters. The number of hydrogen-bond acceptors (Lipinski definition) is 1. The van der Waals surface area contributed by atoms with Gasteiger partial charge in [0.2, 0.25) is 0 Å². The van der Waals surface area contributed by atoms with E-state index in [1.165, 1.54) is 11.1 Å². The summed E-state index contributed by atoms with van der Waals surface area (Å²) in [4.78, 5) is 0. The lowest BCUT2D eigenvalue weighted by atomic mass is 10.0. The van der Waals surface area contributed by atoms with Crippen LogP contribution in [0.2, 0.25) is 0 Å². The second kappa shape index (κ2) is 6.78. The maximum atomic E-state index is 5.82.